The van der Waals surface area contributed by atoms with Crippen molar-refractivity contribution in [2.24, 2.45) is 0 Å². The van der Waals surface area contributed by atoms with Crippen molar-refractivity contribution >= 4 is 22.6 Å². The van der Waals surface area contributed by atoms with Crippen LogP contribution in [0.1, 0.15) is 15.9 Å². The van der Waals surface area contributed by atoms with Gasteiger partial charge < -0.3 is 34.2 Å². The maximum Gasteiger partial charge on any atom is 0.357 e. The Morgan fingerprint density at radius 1 is 1.11 bits per heavy atom. The summed E-state index contributed by atoms with van der Waals surface area (Å²) in [6.45, 7) is 1.18. The standard InChI is InChI=1S/C28H26NO8.Y/c1-16-9-19-12-23(28(33)37-26(19)13-25(16)36-15-20(31)14-30)29-27(32)18-7-8-24(35-3)22(11-18)17-5-4-6-21(10-17)34-2;/h4-12,20,30-31H,14-15H2,1-3H3,(H,29,32);/q-1;. The zero-order valence-electron chi connectivity index (χ0n) is 21.1. The number of aliphatic hydroxyl groups excluding tert-OH is 2. The van der Waals surface area contributed by atoms with Crippen molar-refractivity contribution < 1.29 is 66.3 Å². The van der Waals surface area contributed by atoms with Gasteiger partial charge in [0.05, 0.1) is 20.8 Å². The number of rotatable bonds is 9. The third-order valence-corrected chi connectivity index (χ3v) is 5.66. The predicted molar refractivity (Wildman–Crippen MR) is 138 cm³/mol. The topological polar surface area (TPSA) is 127 Å². The molecule has 0 fully saturated rings. The maximum absolute atomic E-state index is 13.1. The zero-order chi connectivity index (χ0) is 26.5. The van der Waals surface area contributed by atoms with Crippen molar-refractivity contribution in [3.8, 4) is 28.4 Å². The fourth-order valence-electron chi connectivity index (χ4n) is 3.72. The quantitative estimate of drug-likeness (QED) is 0.199. The second-order valence-corrected chi connectivity index (χ2v) is 8.26. The van der Waals surface area contributed by atoms with Crippen LogP contribution in [0.15, 0.2) is 63.8 Å². The van der Waals surface area contributed by atoms with Gasteiger partial charge in [0.25, 0.3) is 5.91 Å². The molecule has 195 valence electrons. The molecule has 9 nitrogen and oxygen atoms in total. The monoisotopic (exact) mass is 593 g/mol. The predicted octanol–water partition coefficient (Wildman–Crippen LogP) is 3.57. The molecular formula is C28H26NO8Y-. The van der Waals surface area contributed by atoms with Crippen LogP contribution in [0.5, 0.6) is 17.2 Å². The summed E-state index contributed by atoms with van der Waals surface area (Å²) in [6.07, 6.45) is -1.05. The van der Waals surface area contributed by atoms with Gasteiger partial charge >= 0.3 is 5.63 Å². The number of aliphatic hydroxyl groups is 2. The molecular weight excluding hydrogens is 567 g/mol. The van der Waals surface area contributed by atoms with Crippen molar-refractivity contribution in [2.75, 3.05) is 32.8 Å². The van der Waals surface area contributed by atoms with Gasteiger partial charge in [0.2, 0.25) is 0 Å². The van der Waals surface area contributed by atoms with Crippen LogP contribution in [0.3, 0.4) is 0 Å². The Kier molecular flexibility index (Phi) is 10.0. The smallest absolute Gasteiger partial charge is 0.357 e. The summed E-state index contributed by atoms with van der Waals surface area (Å²) < 4.78 is 21.6. The fraction of sp³-hybridized carbons (Fsp3) is 0.214. The van der Waals surface area contributed by atoms with Crippen LogP contribution in [0.4, 0.5) is 5.69 Å². The van der Waals surface area contributed by atoms with E-state index in [1.807, 2.05) is 24.3 Å². The van der Waals surface area contributed by atoms with Gasteiger partial charge in [-0.1, -0.05) is 36.6 Å². The molecule has 3 aromatic carbocycles. The number of carbonyl (C=O) groups is 1. The third kappa shape index (κ3) is 6.60. The molecule has 1 unspecified atom stereocenters. The molecule has 1 amide bonds. The molecule has 0 spiro atoms. The molecule has 1 heterocycles. The molecule has 0 aliphatic heterocycles. The second-order valence-electron chi connectivity index (χ2n) is 8.26. The Morgan fingerprint density at radius 2 is 1.89 bits per heavy atom. The Bertz CT molecular complexity index is 1500. The van der Waals surface area contributed by atoms with Crippen LogP contribution in [-0.2, 0) is 32.7 Å². The second kappa shape index (κ2) is 13.0. The Morgan fingerprint density at radius 3 is 2.61 bits per heavy atom. The number of carbonyl (C=O) groups excluding carboxylic acids is 1. The Labute approximate surface area is 244 Å². The molecule has 0 bridgehead atoms. The van der Waals surface area contributed by atoms with Crippen LogP contribution in [0, 0.1) is 13.0 Å². The largest absolute Gasteiger partial charge is 0.516 e. The molecule has 4 rings (SSSR count). The van der Waals surface area contributed by atoms with Gasteiger partial charge in [0.15, 0.2) is 0 Å². The van der Waals surface area contributed by atoms with Crippen LogP contribution < -0.4 is 25.2 Å². The van der Waals surface area contributed by atoms with E-state index in [1.165, 1.54) is 6.07 Å². The average Bonchev–Trinajstić information content (AvgIpc) is 2.92. The minimum absolute atomic E-state index is 0. The summed E-state index contributed by atoms with van der Waals surface area (Å²) in [5.74, 6) is 1.01. The van der Waals surface area contributed by atoms with Gasteiger partial charge in [-0.2, -0.15) is 6.07 Å². The minimum atomic E-state index is -1.05. The number of aryl methyl sites for hydroxylation is 1. The van der Waals surface area contributed by atoms with Crippen molar-refractivity contribution in [1.29, 1.82) is 0 Å². The maximum atomic E-state index is 13.1. The first-order valence-corrected chi connectivity index (χ1v) is 11.4. The van der Waals surface area contributed by atoms with Crippen molar-refractivity contribution in [2.45, 2.75) is 13.0 Å². The molecule has 0 aliphatic rings. The van der Waals surface area contributed by atoms with Crippen LogP contribution in [0.25, 0.3) is 22.1 Å². The molecule has 1 radical (unpaired) electrons. The number of nitrogens with one attached hydrogen (secondary N) is 1. The summed E-state index contributed by atoms with van der Waals surface area (Å²) in [5.41, 5.74) is 1.80. The van der Waals surface area contributed by atoms with Crippen molar-refractivity contribution in [3.63, 3.8) is 0 Å². The normalized spacial score (nSPS) is 11.4. The Balaban J connectivity index is 0.00000400. The van der Waals surface area contributed by atoms with E-state index in [4.69, 9.17) is 23.7 Å². The Hall–Kier alpha value is -3.24. The average molecular weight is 593 g/mol. The first kappa shape index (κ1) is 29.3. The number of anilines is 1. The van der Waals surface area contributed by atoms with Gasteiger partial charge in [-0.25, -0.2) is 4.79 Å². The molecule has 10 heteroatoms. The number of methoxy groups -OCH3 is 2. The van der Waals surface area contributed by atoms with Gasteiger partial charge in [0, 0.05) is 55.2 Å². The summed E-state index contributed by atoms with van der Waals surface area (Å²) in [5, 5.41) is 21.6. The summed E-state index contributed by atoms with van der Waals surface area (Å²) in [6, 6.07) is 18.4. The molecule has 0 aliphatic carbocycles. The van der Waals surface area contributed by atoms with E-state index in [1.54, 1.807) is 45.4 Å². The zero-order valence-corrected chi connectivity index (χ0v) is 23.9. The van der Waals surface area contributed by atoms with Crippen LogP contribution >= 0.6 is 0 Å². The molecule has 4 aromatic rings. The molecule has 3 N–H and O–H groups in total. The molecule has 0 saturated heterocycles. The number of ether oxygens (including phenoxy) is 3. The van der Waals surface area contributed by atoms with Crippen LogP contribution in [0.2, 0.25) is 0 Å². The molecule has 1 atom stereocenters. The number of hydrogen-bond donors (Lipinski definition) is 3. The SMILES string of the molecule is COc1cccc(-c2cc(C(=O)Nc3cc4cc(C)c(OCC(O)CO)[c-]c4oc3=O)ccc2OC)c1.[Y]. The van der Waals surface area contributed by atoms with E-state index >= 15 is 0 Å². The van der Waals surface area contributed by atoms with E-state index in [2.05, 4.69) is 11.4 Å². The third-order valence-electron chi connectivity index (χ3n) is 5.66. The van der Waals surface area contributed by atoms with E-state index in [-0.39, 0.29) is 56.3 Å². The van der Waals surface area contributed by atoms with Crippen molar-refractivity contribution in [3.05, 3.63) is 82.2 Å². The molecule has 38 heavy (non-hydrogen) atoms. The van der Waals surface area contributed by atoms with Gasteiger partial charge in [-0.05, 0) is 35.9 Å². The van der Waals surface area contributed by atoms with Gasteiger partial charge in [-0.3, -0.25) is 4.79 Å². The molecule has 0 saturated carbocycles. The van der Waals surface area contributed by atoms with Crippen molar-refractivity contribution in [1.82, 2.24) is 0 Å². The summed E-state index contributed by atoms with van der Waals surface area (Å²) in [7, 11) is 3.12. The molecule has 1 aromatic heterocycles. The number of benzene rings is 3. The summed E-state index contributed by atoms with van der Waals surface area (Å²) >= 11 is 0. The van der Waals surface area contributed by atoms with E-state index < -0.39 is 24.2 Å². The first-order chi connectivity index (χ1) is 17.8. The number of amides is 1. The fourth-order valence-corrected chi connectivity index (χ4v) is 3.72. The number of hydrogen-bond acceptors (Lipinski definition) is 8. The van der Waals surface area contributed by atoms with E-state index in [9.17, 15) is 14.7 Å². The number of fused-ring (bicyclic) bond motifs is 1. The van der Waals surface area contributed by atoms with Gasteiger partial charge in [-0.15, -0.1) is 5.56 Å². The van der Waals surface area contributed by atoms with Crippen LogP contribution in [-0.4, -0.2) is 49.7 Å². The van der Waals surface area contributed by atoms with Gasteiger partial charge in [0.1, 0.15) is 29.9 Å². The van der Waals surface area contributed by atoms with E-state index in [0.29, 0.717) is 33.6 Å². The summed E-state index contributed by atoms with van der Waals surface area (Å²) in [4.78, 5) is 25.7. The van der Waals surface area contributed by atoms with E-state index in [0.717, 1.165) is 5.56 Å². The minimum Gasteiger partial charge on any atom is -0.516 e. The first-order valence-electron chi connectivity index (χ1n) is 11.4.